The Morgan fingerprint density at radius 1 is 1.80 bits per heavy atom. The fourth-order valence-electron chi connectivity index (χ4n) is 0.109. The minimum Gasteiger partial charge on any atom is -0.448 e. The molecule has 0 fully saturated rings. The zero-order valence-corrected chi connectivity index (χ0v) is 5.83. The molecule has 0 aliphatic rings. The monoisotopic (exact) mass is 147 g/mol. The van der Waals surface area contributed by atoms with Gasteiger partial charge in [0.2, 0.25) is 0 Å². The van der Waals surface area contributed by atoms with Crippen molar-refractivity contribution in [2.45, 2.75) is 13.8 Å². The van der Waals surface area contributed by atoms with Crippen LogP contribution in [0.2, 0.25) is 0 Å². The highest BCUT2D eigenvalue weighted by atomic mass is 17.2. The lowest BCUT2D eigenvalue weighted by Crippen LogP contribution is -2.00. The van der Waals surface area contributed by atoms with Crippen molar-refractivity contribution in [2.24, 2.45) is 0 Å². The van der Waals surface area contributed by atoms with E-state index in [0.29, 0.717) is 0 Å². The number of carboxylic acid groups (broad SMARTS) is 1. The minimum atomic E-state index is -1.41. The number of carbonyl (C=O) groups is 1. The molecule has 0 atom stereocenters. The molecule has 0 amide bonds. The van der Waals surface area contributed by atoms with Crippen molar-refractivity contribution < 1.29 is 19.7 Å². The van der Waals surface area contributed by atoms with Crippen LogP contribution in [-0.4, -0.2) is 17.9 Å². The molecule has 0 saturated carbocycles. The normalized spacial score (nSPS) is 6.50. The molecule has 0 aliphatic heterocycles. The molecule has 0 aromatic carbocycles. The van der Waals surface area contributed by atoms with Crippen LogP contribution in [0.4, 0.5) is 4.79 Å². The summed E-state index contributed by atoms with van der Waals surface area (Å²) in [7, 11) is 0. The third-order valence-electron chi connectivity index (χ3n) is 0.248. The fraction of sp³-hybridized carbons (Fsp3) is 0.600. The number of rotatable bonds is 2. The van der Waals surface area contributed by atoms with Crippen LogP contribution >= 0.6 is 0 Å². The number of nitrogens with zero attached hydrogens (tertiary/aromatic N) is 1. The second kappa shape index (κ2) is 10.7. The van der Waals surface area contributed by atoms with Crippen LogP contribution < -0.4 is 0 Å². The van der Waals surface area contributed by atoms with Crippen LogP contribution in [0, 0.1) is 11.3 Å². The zero-order chi connectivity index (χ0) is 8.41. The quantitative estimate of drug-likeness (QED) is 0.468. The largest absolute Gasteiger partial charge is 0.537 e. The molecule has 58 valence electrons. The highest BCUT2D eigenvalue weighted by molar-refractivity contribution is 5.55. The molecule has 10 heavy (non-hydrogen) atoms. The van der Waals surface area contributed by atoms with Crippen LogP contribution in [0.5, 0.6) is 0 Å². The van der Waals surface area contributed by atoms with E-state index in [1.165, 1.54) is 6.92 Å². The first-order valence-corrected chi connectivity index (χ1v) is 2.52. The summed E-state index contributed by atoms with van der Waals surface area (Å²) in [6.45, 7) is 3.30. The molecule has 5 heteroatoms. The third kappa shape index (κ3) is 29.7. The Morgan fingerprint density at radius 2 is 2.20 bits per heavy atom. The van der Waals surface area contributed by atoms with Gasteiger partial charge in [0.25, 0.3) is 0 Å². The van der Waals surface area contributed by atoms with E-state index in [1.807, 2.05) is 0 Å². The average molecular weight is 147 g/mol. The topological polar surface area (TPSA) is 79.5 Å². The van der Waals surface area contributed by atoms with Crippen LogP contribution in [-0.2, 0) is 9.78 Å². The standard InChI is InChI=1S/C3H6O4.C2H3N/c1-2-6-7-3(4)5;1-2-3/h2H2,1H3,(H,4,5);1H3. The second-order valence-electron chi connectivity index (χ2n) is 0.979. The van der Waals surface area contributed by atoms with E-state index in [1.54, 1.807) is 13.0 Å². The van der Waals surface area contributed by atoms with Gasteiger partial charge in [-0.05, 0) is 6.92 Å². The Hall–Kier alpha value is -1.28. The molecule has 0 bridgehead atoms. The summed E-state index contributed by atoms with van der Waals surface area (Å²) in [6, 6.07) is 1.75. The summed E-state index contributed by atoms with van der Waals surface area (Å²) in [5.41, 5.74) is 0. The van der Waals surface area contributed by atoms with Gasteiger partial charge in [0.15, 0.2) is 0 Å². The lowest BCUT2D eigenvalue weighted by molar-refractivity contribution is -0.247. The highest BCUT2D eigenvalue weighted by Gasteiger charge is 1.91. The maximum atomic E-state index is 9.41. The zero-order valence-electron chi connectivity index (χ0n) is 5.83. The van der Waals surface area contributed by atoms with Crippen LogP contribution in [0.3, 0.4) is 0 Å². The average Bonchev–Trinajstić information content (AvgIpc) is 1.85. The molecule has 0 unspecified atom stereocenters. The fourth-order valence-corrected chi connectivity index (χ4v) is 0.109. The number of hydrogen-bond acceptors (Lipinski definition) is 4. The Bertz CT molecular complexity index is 117. The van der Waals surface area contributed by atoms with E-state index in [2.05, 4.69) is 9.78 Å². The maximum absolute atomic E-state index is 9.41. The van der Waals surface area contributed by atoms with Crippen molar-refractivity contribution >= 4 is 6.16 Å². The molecule has 0 spiro atoms. The minimum absolute atomic E-state index is 0.242. The van der Waals surface area contributed by atoms with E-state index in [-0.39, 0.29) is 6.61 Å². The predicted octanol–water partition coefficient (Wildman–Crippen LogP) is 1.16. The van der Waals surface area contributed by atoms with Gasteiger partial charge in [0.1, 0.15) is 0 Å². The van der Waals surface area contributed by atoms with Gasteiger partial charge < -0.3 is 5.11 Å². The van der Waals surface area contributed by atoms with Gasteiger partial charge in [-0.15, -0.1) is 0 Å². The first-order chi connectivity index (χ1) is 4.68. The molecule has 0 aliphatic carbocycles. The molecule has 0 heterocycles. The van der Waals surface area contributed by atoms with Crippen LogP contribution in [0.25, 0.3) is 0 Å². The third-order valence-corrected chi connectivity index (χ3v) is 0.248. The van der Waals surface area contributed by atoms with Crippen LogP contribution in [0.15, 0.2) is 0 Å². The Balaban J connectivity index is 0. The van der Waals surface area contributed by atoms with Crippen molar-refractivity contribution in [1.29, 1.82) is 5.26 Å². The first-order valence-electron chi connectivity index (χ1n) is 2.52. The lowest BCUT2D eigenvalue weighted by Gasteiger charge is -1.90. The van der Waals surface area contributed by atoms with Gasteiger partial charge >= 0.3 is 6.16 Å². The van der Waals surface area contributed by atoms with E-state index >= 15 is 0 Å². The van der Waals surface area contributed by atoms with Crippen molar-refractivity contribution in [3.05, 3.63) is 0 Å². The Kier molecular flexibility index (Phi) is 12.3. The second-order valence-corrected chi connectivity index (χ2v) is 0.979. The summed E-state index contributed by atoms with van der Waals surface area (Å²) in [5, 5.41) is 15.0. The van der Waals surface area contributed by atoms with Crippen molar-refractivity contribution in [3.8, 4) is 6.07 Å². The molecule has 5 nitrogen and oxygen atoms in total. The SMILES string of the molecule is CC#N.CCOOC(=O)O. The molecular formula is C5H9NO4. The summed E-state index contributed by atoms with van der Waals surface area (Å²) in [4.78, 5) is 17.0. The van der Waals surface area contributed by atoms with E-state index < -0.39 is 6.16 Å². The maximum Gasteiger partial charge on any atom is 0.537 e. The van der Waals surface area contributed by atoms with Crippen molar-refractivity contribution in [3.63, 3.8) is 0 Å². The predicted molar refractivity (Wildman–Crippen MR) is 32.0 cm³/mol. The molecule has 0 aromatic heterocycles. The Labute approximate surface area is 58.7 Å². The summed E-state index contributed by atoms with van der Waals surface area (Å²) in [5.74, 6) is 0. The lowest BCUT2D eigenvalue weighted by atomic mass is 10.9. The van der Waals surface area contributed by atoms with Gasteiger partial charge in [0.05, 0.1) is 12.7 Å². The van der Waals surface area contributed by atoms with Crippen molar-refractivity contribution in [2.75, 3.05) is 6.61 Å². The Morgan fingerprint density at radius 3 is 2.30 bits per heavy atom. The number of hydrogen-bond donors (Lipinski definition) is 1. The molecular weight excluding hydrogens is 138 g/mol. The van der Waals surface area contributed by atoms with Gasteiger partial charge in [-0.1, -0.05) is 0 Å². The summed E-state index contributed by atoms with van der Waals surface area (Å²) < 4.78 is 0. The van der Waals surface area contributed by atoms with E-state index in [9.17, 15) is 4.79 Å². The molecule has 0 aromatic rings. The van der Waals surface area contributed by atoms with E-state index in [4.69, 9.17) is 10.4 Å². The molecule has 1 N–H and O–H groups in total. The van der Waals surface area contributed by atoms with Crippen LogP contribution in [0.1, 0.15) is 13.8 Å². The summed E-state index contributed by atoms with van der Waals surface area (Å²) in [6.07, 6.45) is -1.41. The molecule has 0 saturated heterocycles. The highest BCUT2D eigenvalue weighted by Crippen LogP contribution is 1.75. The molecule has 0 radical (unpaired) electrons. The summed E-state index contributed by atoms with van der Waals surface area (Å²) >= 11 is 0. The van der Waals surface area contributed by atoms with Gasteiger partial charge in [-0.25, -0.2) is 4.79 Å². The van der Waals surface area contributed by atoms with E-state index in [0.717, 1.165) is 0 Å². The van der Waals surface area contributed by atoms with Gasteiger partial charge in [0, 0.05) is 6.92 Å². The molecule has 0 rings (SSSR count). The van der Waals surface area contributed by atoms with Crippen molar-refractivity contribution in [1.82, 2.24) is 0 Å². The first kappa shape index (κ1) is 11.5. The smallest absolute Gasteiger partial charge is 0.448 e. The van der Waals surface area contributed by atoms with Gasteiger partial charge in [-0.2, -0.15) is 10.1 Å². The van der Waals surface area contributed by atoms with Gasteiger partial charge in [-0.3, -0.25) is 4.89 Å². The number of nitriles is 1.